The van der Waals surface area contributed by atoms with E-state index < -0.39 is 56.6 Å². The number of aryl methyl sites for hydroxylation is 1. The third-order valence-corrected chi connectivity index (χ3v) is 10.7. The van der Waals surface area contributed by atoms with E-state index in [0.29, 0.717) is 38.9 Å². The minimum absolute atomic E-state index is 0.0171. The molecule has 3 N–H and O–H groups in total. The lowest BCUT2D eigenvalue weighted by molar-refractivity contribution is -0.159. The monoisotopic (exact) mass is 684 g/mol. The van der Waals surface area contributed by atoms with Crippen LogP contribution in [0.25, 0.3) is 22.2 Å². The number of hydrogen-bond acceptors (Lipinski definition) is 9. The number of nitrogens with one attached hydrogen (secondary N) is 3. The van der Waals surface area contributed by atoms with Crippen molar-refractivity contribution in [1.82, 2.24) is 19.9 Å². The average Bonchev–Trinajstić information content (AvgIpc) is 3.31. The summed E-state index contributed by atoms with van der Waals surface area (Å²) in [4.78, 5) is 55.4. The summed E-state index contributed by atoms with van der Waals surface area (Å²) in [5, 5.41) is 2.78. The van der Waals surface area contributed by atoms with Gasteiger partial charge in [0, 0.05) is 53.2 Å². The lowest BCUT2D eigenvalue weighted by Crippen LogP contribution is -2.70. The van der Waals surface area contributed by atoms with Gasteiger partial charge in [-0.15, -0.1) is 11.8 Å². The van der Waals surface area contributed by atoms with Crippen molar-refractivity contribution >= 4 is 56.4 Å². The van der Waals surface area contributed by atoms with Gasteiger partial charge in [0.05, 0.1) is 10.6 Å². The first-order chi connectivity index (χ1) is 22.1. The summed E-state index contributed by atoms with van der Waals surface area (Å²) in [6, 6.07) is 8.34. The second kappa shape index (κ2) is 12.1. The number of esters is 2. The smallest absolute Gasteiger partial charge is 0.355 e. The van der Waals surface area contributed by atoms with E-state index in [1.807, 2.05) is 0 Å². The second-order valence-corrected chi connectivity index (χ2v) is 15.4. The number of aromatic amines is 1. The number of amides is 2. The Labute approximate surface area is 274 Å². The Kier molecular flexibility index (Phi) is 8.43. The van der Waals surface area contributed by atoms with Gasteiger partial charge in [0.2, 0.25) is 15.9 Å². The van der Waals surface area contributed by atoms with Crippen molar-refractivity contribution in [3.05, 3.63) is 64.6 Å². The van der Waals surface area contributed by atoms with Crippen LogP contribution in [0.4, 0.5) is 4.39 Å². The largest absolute Gasteiger partial charge is 0.461 e. The summed E-state index contributed by atoms with van der Waals surface area (Å²) in [7, 11) is -3.91. The minimum atomic E-state index is -3.91. The van der Waals surface area contributed by atoms with Crippen LogP contribution in [-0.2, 0) is 51.6 Å². The molecular formula is C32H33FN4O8S2. The van der Waals surface area contributed by atoms with Crippen molar-refractivity contribution in [3.8, 4) is 11.3 Å². The number of aromatic nitrogens is 1. The van der Waals surface area contributed by atoms with Gasteiger partial charge in [-0.05, 0) is 57.0 Å². The third-order valence-electron chi connectivity index (χ3n) is 7.96. The molecule has 15 heteroatoms. The van der Waals surface area contributed by atoms with E-state index in [9.17, 15) is 32.0 Å². The highest BCUT2D eigenvalue weighted by Crippen LogP contribution is 2.41. The van der Waals surface area contributed by atoms with Gasteiger partial charge in [0.1, 0.15) is 35.1 Å². The Morgan fingerprint density at radius 1 is 1.15 bits per heavy atom. The van der Waals surface area contributed by atoms with Crippen LogP contribution in [-0.4, -0.2) is 71.4 Å². The fourth-order valence-corrected chi connectivity index (χ4v) is 8.41. The molecule has 1 saturated heterocycles. The van der Waals surface area contributed by atoms with Gasteiger partial charge >= 0.3 is 11.9 Å². The molecule has 47 heavy (non-hydrogen) atoms. The minimum Gasteiger partial charge on any atom is -0.461 e. The van der Waals surface area contributed by atoms with Crippen LogP contribution in [0.15, 0.2) is 52.6 Å². The van der Waals surface area contributed by atoms with E-state index in [0.717, 1.165) is 0 Å². The van der Waals surface area contributed by atoms with Crippen LogP contribution in [0.1, 0.15) is 45.2 Å². The predicted molar refractivity (Wildman–Crippen MR) is 171 cm³/mol. The van der Waals surface area contributed by atoms with E-state index in [-0.39, 0.29) is 42.3 Å². The first kappa shape index (κ1) is 32.7. The number of halogens is 1. The number of thioether (sulfide) groups is 1. The summed E-state index contributed by atoms with van der Waals surface area (Å²) in [5.74, 6) is -2.31. The van der Waals surface area contributed by atoms with Gasteiger partial charge in [0.25, 0.3) is 5.91 Å². The highest BCUT2D eigenvalue weighted by molar-refractivity contribution is 8.00. The molecule has 2 aromatic carbocycles. The normalized spacial score (nSPS) is 20.0. The molecule has 0 saturated carbocycles. The number of carbonyl (C=O) groups is 4. The van der Waals surface area contributed by atoms with Crippen LogP contribution >= 0.6 is 11.8 Å². The lowest BCUT2D eigenvalue weighted by atomic mass is 10.0. The number of fused-ring (bicyclic) bond motifs is 6. The average molecular weight is 685 g/mol. The van der Waals surface area contributed by atoms with Crippen LogP contribution < -0.4 is 10.0 Å². The Morgan fingerprint density at radius 2 is 1.91 bits per heavy atom. The number of hydrogen-bond donors (Lipinski definition) is 3. The van der Waals surface area contributed by atoms with Gasteiger partial charge in [-0.25, -0.2) is 22.3 Å². The Balaban J connectivity index is 1.16. The zero-order valence-corrected chi connectivity index (χ0v) is 27.7. The lowest BCUT2D eigenvalue weighted by Gasteiger charge is -2.50. The van der Waals surface area contributed by atoms with Crippen LogP contribution in [0.3, 0.4) is 0 Å². The third kappa shape index (κ3) is 6.39. The van der Waals surface area contributed by atoms with Crippen LogP contribution in [0, 0.1) is 5.82 Å². The maximum Gasteiger partial charge on any atom is 0.355 e. The molecule has 1 fully saturated rings. The molecule has 3 aliphatic rings. The SMILES string of the molecule is CC(=O)OCC1=C(C(=O)OC(C)(C)C)N2C(=O)C(NC(=O)CCc3ccc4c(c3)S(=O)(=O)NCc3c-4[nH]c4ccc(F)cc34)C2SC1. The van der Waals surface area contributed by atoms with Crippen molar-refractivity contribution in [2.24, 2.45) is 0 Å². The van der Waals surface area contributed by atoms with Crippen LogP contribution in [0.2, 0.25) is 0 Å². The molecule has 2 atom stereocenters. The molecule has 1 aromatic heterocycles. The Bertz CT molecular complexity index is 1980. The fourth-order valence-electron chi connectivity index (χ4n) is 5.83. The molecule has 2 unspecified atom stereocenters. The number of ether oxygens (including phenoxy) is 2. The van der Waals surface area contributed by atoms with Crippen molar-refractivity contribution in [3.63, 3.8) is 0 Å². The van der Waals surface area contributed by atoms with Gasteiger partial charge in [0.15, 0.2) is 0 Å². The molecule has 0 radical (unpaired) electrons. The molecule has 0 bridgehead atoms. The van der Waals surface area contributed by atoms with Crippen LogP contribution in [0.5, 0.6) is 0 Å². The van der Waals surface area contributed by atoms with E-state index in [4.69, 9.17) is 9.47 Å². The number of H-pyrrole nitrogens is 1. The molecule has 4 heterocycles. The number of sulfonamides is 1. The van der Waals surface area contributed by atoms with E-state index >= 15 is 0 Å². The molecule has 0 aliphatic carbocycles. The topological polar surface area (TPSA) is 164 Å². The Morgan fingerprint density at radius 3 is 2.64 bits per heavy atom. The predicted octanol–water partition coefficient (Wildman–Crippen LogP) is 3.26. The standard InChI is InChI=1S/C32H33FN4O8S2/c1-16(38)44-14-18-15-46-30-27(29(40)37(30)28(18)31(41)45-32(2,3)4)36-25(39)10-6-17-5-8-20-24(11-17)47(42,43)34-13-22-21-12-19(33)7-9-23(21)35-26(20)22/h5,7-9,11-12,27,30,34-35H,6,10,13-15H2,1-4H3,(H,36,39). The molecule has 248 valence electrons. The maximum atomic E-state index is 14.0. The number of benzene rings is 2. The van der Waals surface area contributed by atoms with E-state index in [2.05, 4.69) is 15.0 Å². The molecular weight excluding hydrogens is 652 g/mol. The van der Waals surface area contributed by atoms with Crippen molar-refractivity contribution in [2.75, 3.05) is 12.4 Å². The molecule has 3 aromatic rings. The van der Waals surface area contributed by atoms with Gasteiger partial charge < -0.3 is 19.8 Å². The molecule has 12 nitrogen and oxygen atoms in total. The van der Waals surface area contributed by atoms with Gasteiger partial charge in [-0.1, -0.05) is 12.1 Å². The Hall–Kier alpha value is -4.21. The van der Waals surface area contributed by atoms with Gasteiger partial charge in [-0.3, -0.25) is 19.3 Å². The molecule has 3 aliphatic heterocycles. The zero-order chi connectivity index (χ0) is 33.8. The van der Waals surface area contributed by atoms with Crippen molar-refractivity contribution in [2.45, 2.75) is 69.0 Å². The first-order valence-electron chi connectivity index (χ1n) is 14.9. The summed E-state index contributed by atoms with van der Waals surface area (Å²) in [6.45, 7) is 6.16. The highest BCUT2D eigenvalue weighted by atomic mass is 32.2. The number of rotatable bonds is 7. The number of carbonyl (C=O) groups excluding carboxylic acids is 4. The molecule has 0 spiro atoms. The fraction of sp³-hybridized carbons (Fsp3) is 0.375. The number of nitrogens with zero attached hydrogens (tertiary/aromatic N) is 1. The highest BCUT2D eigenvalue weighted by Gasteiger charge is 2.54. The molecule has 6 rings (SSSR count). The quantitative estimate of drug-likeness (QED) is 0.250. The summed E-state index contributed by atoms with van der Waals surface area (Å²) in [6.07, 6.45) is 0.161. The summed E-state index contributed by atoms with van der Waals surface area (Å²) < 4.78 is 53.5. The number of β-lactam (4-membered cyclic amide) rings is 1. The van der Waals surface area contributed by atoms with E-state index in [1.54, 1.807) is 39.0 Å². The second-order valence-electron chi connectivity index (χ2n) is 12.5. The van der Waals surface area contributed by atoms with Crippen molar-refractivity contribution in [1.29, 1.82) is 0 Å². The van der Waals surface area contributed by atoms with E-state index in [1.165, 1.54) is 41.8 Å². The van der Waals surface area contributed by atoms with Gasteiger partial charge in [-0.2, -0.15) is 0 Å². The molecule has 2 amide bonds. The first-order valence-corrected chi connectivity index (χ1v) is 17.4. The van der Waals surface area contributed by atoms with Crippen molar-refractivity contribution < 1.29 is 41.5 Å². The summed E-state index contributed by atoms with van der Waals surface area (Å²) in [5.41, 5.74) is 2.54. The summed E-state index contributed by atoms with van der Waals surface area (Å²) >= 11 is 1.33. The maximum absolute atomic E-state index is 14.0. The zero-order valence-electron chi connectivity index (χ0n) is 26.1.